The number of fused-ring (bicyclic) bond motifs is 1. The van der Waals surface area contributed by atoms with Crippen molar-refractivity contribution in [1.82, 2.24) is 19.9 Å². The van der Waals surface area contributed by atoms with Crippen LogP contribution in [-0.4, -0.2) is 58.2 Å². The molecular formula is C23H27FN6O. The summed E-state index contributed by atoms with van der Waals surface area (Å²) in [6, 6.07) is 8.57. The first-order valence-corrected chi connectivity index (χ1v) is 10.9. The Hall–Kier alpha value is -2.84. The molecular weight excluding hydrogens is 395 g/mol. The maximum atomic E-state index is 13.5. The minimum atomic E-state index is -0.650. The number of nitrogens with one attached hydrogen (secondary N) is 1. The van der Waals surface area contributed by atoms with Gasteiger partial charge in [-0.05, 0) is 49.4 Å². The van der Waals surface area contributed by atoms with Crippen LogP contribution in [0.4, 0.5) is 15.9 Å². The Bertz CT molecular complexity index is 1060. The molecule has 2 aliphatic rings. The van der Waals surface area contributed by atoms with E-state index in [1.165, 1.54) is 19.0 Å². The van der Waals surface area contributed by atoms with E-state index >= 15 is 0 Å². The third kappa shape index (κ3) is 4.31. The van der Waals surface area contributed by atoms with E-state index in [-0.39, 0.29) is 5.69 Å². The first-order chi connectivity index (χ1) is 15.2. The highest BCUT2D eigenvalue weighted by Gasteiger charge is 2.27. The van der Waals surface area contributed by atoms with Gasteiger partial charge in [0.1, 0.15) is 12.1 Å². The number of benzene rings is 1. The van der Waals surface area contributed by atoms with Gasteiger partial charge in [-0.1, -0.05) is 6.07 Å². The van der Waals surface area contributed by atoms with Gasteiger partial charge in [-0.2, -0.15) is 4.39 Å². The topological polar surface area (TPSA) is 89.2 Å². The quantitative estimate of drug-likeness (QED) is 0.622. The second kappa shape index (κ2) is 8.72. The average molecular weight is 423 g/mol. The van der Waals surface area contributed by atoms with Crippen molar-refractivity contribution in [2.45, 2.75) is 37.8 Å². The summed E-state index contributed by atoms with van der Waals surface area (Å²) in [6.45, 7) is 3.79. The standard InChI is InChI=1S/C23H27FN6O/c24-22-20(25)12-16(13-26-22)15-1-6-21-19(11-15)23(28-14-27-21)29-17-2-4-18(5-3-17)30-7-9-31-10-8-30/h1,6,11-14,17-18H,2-5,7-10,25H2,(H,27,28,29). The van der Waals surface area contributed by atoms with E-state index < -0.39 is 5.95 Å². The summed E-state index contributed by atoms with van der Waals surface area (Å²) in [5, 5.41) is 4.59. The van der Waals surface area contributed by atoms with Gasteiger partial charge in [-0.15, -0.1) is 0 Å². The molecule has 31 heavy (non-hydrogen) atoms. The minimum absolute atomic E-state index is 0.0392. The number of halogens is 1. The molecule has 3 N–H and O–H groups in total. The molecule has 0 radical (unpaired) electrons. The lowest BCUT2D eigenvalue weighted by Gasteiger charge is -2.39. The van der Waals surface area contributed by atoms with Gasteiger partial charge in [0.15, 0.2) is 0 Å². The molecule has 162 valence electrons. The van der Waals surface area contributed by atoms with Crippen molar-refractivity contribution in [3.63, 3.8) is 0 Å². The molecule has 1 aromatic carbocycles. The lowest BCUT2D eigenvalue weighted by molar-refractivity contribution is 0.00791. The molecule has 1 saturated heterocycles. The van der Waals surface area contributed by atoms with Crippen LogP contribution < -0.4 is 11.1 Å². The molecule has 0 unspecified atom stereocenters. The van der Waals surface area contributed by atoms with E-state index in [1.807, 2.05) is 18.2 Å². The van der Waals surface area contributed by atoms with Crippen LogP contribution >= 0.6 is 0 Å². The van der Waals surface area contributed by atoms with Crippen LogP contribution in [0.2, 0.25) is 0 Å². The van der Waals surface area contributed by atoms with Crippen LogP contribution in [0.3, 0.4) is 0 Å². The highest BCUT2D eigenvalue weighted by Crippen LogP contribution is 2.30. The van der Waals surface area contributed by atoms with Crippen LogP contribution in [0.15, 0.2) is 36.8 Å². The monoisotopic (exact) mass is 422 g/mol. The predicted molar refractivity (Wildman–Crippen MR) is 119 cm³/mol. The lowest BCUT2D eigenvalue weighted by Crippen LogP contribution is -2.46. The minimum Gasteiger partial charge on any atom is -0.395 e. The summed E-state index contributed by atoms with van der Waals surface area (Å²) in [5.74, 6) is 0.188. The molecule has 0 amide bonds. The third-order valence-corrected chi connectivity index (χ3v) is 6.43. The van der Waals surface area contributed by atoms with Crippen molar-refractivity contribution in [2.24, 2.45) is 0 Å². The third-order valence-electron chi connectivity index (χ3n) is 6.43. The molecule has 3 aromatic rings. The predicted octanol–water partition coefficient (Wildman–Crippen LogP) is 3.47. The van der Waals surface area contributed by atoms with Crippen LogP contribution in [0.1, 0.15) is 25.7 Å². The Morgan fingerprint density at radius 1 is 1.00 bits per heavy atom. The molecule has 0 spiro atoms. The molecule has 1 saturated carbocycles. The van der Waals surface area contributed by atoms with Crippen LogP contribution in [0.25, 0.3) is 22.0 Å². The van der Waals surface area contributed by atoms with Crippen LogP contribution in [0.5, 0.6) is 0 Å². The number of pyridine rings is 1. The number of nitrogen functional groups attached to an aromatic ring is 1. The Morgan fingerprint density at radius 2 is 1.81 bits per heavy atom. The number of nitrogens with two attached hydrogens (primary N) is 1. The molecule has 2 aromatic heterocycles. The molecule has 8 heteroatoms. The average Bonchev–Trinajstić information content (AvgIpc) is 2.82. The highest BCUT2D eigenvalue weighted by molar-refractivity contribution is 5.92. The van der Waals surface area contributed by atoms with Gasteiger partial charge in [0, 0.05) is 42.3 Å². The van der Waals surface area contributed by atoms with Crippen molar-refractivity contribution in [1.29, 1.82) is 0 Å². The molecule has 1 aliphatic heterocycles. The van der Waals surface area contributed by atoms with Crippen molar-refractivity contribution < 1.29 is 9.13 Å². The Kier molecular flexibility index (Phi) is 5.65. The van der Waals surface area contributed by atoms with Crippen molar-refractivity contribution >= 4 is 22.4 Å². The van der Waals surface area contributed by atoms with Gasteiger partial charge in [0.05, 0.1) is 24.4 Å². The van der Waals surface area contributed by atoms with Crippen LogP contribution in [0, 0.1) is 5.95 Å². The van der Waals surface area contributed by atoms with E-state index in [9.17, 15) is 4.39 Å². The lowest BCUT2D eigenvalue weighted by atomic mass is 9.90. The summed E-state index contributed by atoms with van der Waals surface area (Å²) in [4.78, 5) is 15.3. The number of anilines is 2. The zero-order chi connectivity index (χ0) is 21.2. The molecule has 0 bridgehead atoms. The van der Waals surface area contributed by atoms with Gasteiger partial charge >= 0.3 is 0 Å². The smallest absolute Gasteiger partial charge is 0.236 e. The number of hydrogen-bond acceptors (Lipinski definition) is 7. The number of aromatic nitrogens is 3. The maximum absolute atomic E-state index is 13.5. The summed E-state index contributed by atoms with van der Waals surface area (Å²) in [6.07, 6.45) is 7.70. The normalized spacial score (nSPS) is 22.5. The van der Waals surface area contributed by atoms with Gasteiger partial charge in [-0.3, -0.25) is 4.90 Å². The summed E-state index contributed by atoms with van der Waals surface area (Å²) < 4.78 is 19.0. The van der Waals surface area contributed by atoms with E-state index in [0.29, 0.717) is 12.1 Å². The van der Waals surface area contributed by atoms with Gasteiger partial charge in [0.25, 0.3) is 0 Å². The van der Waals surface area contributed by atoms with Crippen molar-refractivity contribution in [2.75, 3.05) is 37.4 Å². The van der Waals surface area contributed by atoms with E-state index in [0.717, 1.165) is 67.0 Å². The molecule has 3 heterocycles. The summed E-state index contributed by atoms with van der Waals surface area (Å²) in [7, 11) is 0. The highest BCUT2D eigenvalue weighted by atomic mass is 19.1. The van der Waals surface area contributed by atoms with E-state index in [2.05, 4.69) is 25.2 Å². The zero-order valence-electron chi connectivity index (χ0n) is 17.4. The number of ether oxygens (including phenoxy) is 1. The Labute approximate surface area is 180 Å². The molecule has 1 aliphatic carbocycles. The number of morpholine rings is 1. The number of nitrogens with zero attached hydrogens (tertiary/aromatic N) is 4. The van der Waals surface area contributed by atoms with E-state index in [1.54, 1.807) is 12.4 Å². The second-order valence-electron chi connectivity index (χ2n) is 8.36. The molecule has 7 nitrogen and oxygen atoms in total. The Balaban J connectivity index is 1.33. The van der Waals surface area contributed by atoms with Gasteiger partial charge in [-0.25, -0.2) is 15.0 Å². The van der Waals surface area contributed by atoms with Crippen molar-refractivity contribution in [3.05, 3.63) is 42.7 Å². The molecule has 0 atom stereocenters. The SMILES string of the molecule is Nc1cc(-c2ccc3ncnc(NC4CCC(N5CCOCC5)CC4)c3c2)cnc1F. The first kappa shape index (κ1) is 20.1. The zero-order valence-corrected chi connectivity index (χ0v) is 17.4. The van der Waals surface area contributed by atoms with Crippen LogP contribution in [-0.2, 0) is 4.74 Å². The fourth-order valence-corrected chi connectivity index (χ4v) is 4.70. The molecule has 2 fully saturated rings. The number of rotatable bonds is 4. The largest absolute Gasteiger partial charge is 0.395 e. The second-order valence-corrected chi connectivity index (χ2v) is 8.36. The fraction of sp³-hybridized carbons (Fsp3) is 0.435. The number of hydrogen-bond donors (Lipinski definition) is 2. The van der Waals surface area contributed by atoms with E-state index in [4.69, 9.17) is 10.5 Å². The summed E-state index contributed by atoms with van der Waals surface area (Å²) in [5.41, 5.74) is 8.28. The van der Waals surface area contributed by atoms with Gasteiger partial charge in [0.2, 0.25) is 5.95 Å². The Morgan fingerprint density at radius 3 is 2.58 bits per heavy atom. The maximum Gasteiger partial charge on any atom is 0.236 e. The molecule has 5 rings (SSSR count). The van der Waals surface area contributed by atoms with Gasteiger partial charge < -0.3 is 15.8 Å². The van der Waals surface area contributed by atoms with Crippen molar-refractivity contribution in [3.8, 4) is 11.1 Å². The summed E-state index contributed by atoms with van der Waals surface area (Å²) >= 11 is 0. The first-order valence-electron chi connectivity index (χ1n) is 10.9. The fourth-order valence-electron chi connectivity index (χ4n) is 4.70.